The lowest BCUT2D eigenvalue weighted by molar-refractivity contribution is -0.385. The minimum Gasteiger partial charge on any atom is -0.443 e. The van der Waals surface area contributed by atoms with Gasteiger partial charge >= 0.3 is 6.09 Å². The van der Waals surface area contributed by atoms with Gasteiger partial charge in [-0.3, -0.25) is 15.0 Å². The number of nitro groups is 1. The average Bonchev–Trinajstić information content (AvgIpc) is 2.24. The van der Waals surface area contributed by atoms with Crippen molar-refractivity contribution in [3.8, 4) is 0 Å². The van der Waals surface area contributed by atoms with Gasteiger partial charge in [0.05, 0.1) is 4.92 Å². The van der Waals surface area contributed by atoms with Gasteiger partial charge in [-0.1, -0.05) is 0 Å². The SMILES string of the molecule is Cc1cc(N(C)C(=O)OC(C)(C)C)ccc1[N+](=O)[O-]. The van der Waals surface area contributed by atoms with Gasteiger partial charge < -0.3 is 4.74 Å². The van der Waals surface area contributed by atoms with E-state index in [2.05, 4.69) is 0 Å². The molecule has 0 aromatic heterocycles. The summed E-state index contributed by atoms with van der Waals surface area (Å²) < 4.78 is 5.22. The zero-order valence-electron chi connectivity index (χ0n) is 11.8. The van der Waals surface area contributed by atoms with E-state index in [0.717, 1.165) is 0 Å². The molecule has 6 nitrogen and oxygen atoms in total. The monoisotopic (exact) mass is 266 g/mol. The molecule has 0 fully saturated rings. The number of amides is 1. The van der Waals surface area contributed by atoms with Gasteiger partial charge in [0.25, 0.3) is 5.69 Å². The molecule has 0 aliphatic heterocycles. The highest BCUT2D eigenvalue weighted by molar-refractivity contribution is 5.87. The van der Waals surface area contributed by atoms with Crippen LogP contribution in [-0.4, -0.2) is 23.7 Å². The lowest BCUT2D eigenvalue weighted by Gasteiger charge is -2.24. The number of carbonyl (C=O) groups is 1. The first kappa shape index (κ1) is 14.9. The lowest BCUT2D eigenvalue weighted by Crippen LogP contribution is -2.34. The number of aryl methyl sites for hydroxylation is 1. The van der Waals surface area contributed by atoms with Gasteiger partial charge in [0.2, 0.25) is 0 Å². The summed E-state index contributed by atoms with van der Waals surface area (Å²) in [5.74, 6) is 0. The highest BCUT2D eigenvalue weighted by atomic mass is 16.6. The van der Waals surface area contributed by atoms with Crippen molar-refractivity contribution in [2.45, 2.75) is 33.3 Å². The number of ether oxygens (including phenoxy) is 1. The van der Waals surface area contributed by atoms with Crippen LogP contribution in [0.3, 0.4) is 0 Å². The topological polar surface area (TPSA) is 72.7 Å². The Morgan fingerprint density at radius 2 is 1.95 bits per heavy atom. The Labute approximate surface area is 112 Å². The highest BCUT2D eigenvalue weighted by Crippen LogP contribution is 2.24. The second-order valence-electron chi connectivity index (χ2n) is 5.27. The summed E-state index contributed by atoms with van der Waals surface area (Å²) in [5.41, 5.74) is 0.498. The summed E-state index contributed by atoms with van der Waals surface area (Å²) in [6.07, 6.45) is -0.499. The van der Waals surface area contributed by atoms with Crippen molar-refractivity contribution in [2.75, 3.05) is 11.9 Å². The van der Waals surface area contributed by atoms with Gasteiger partial charge in [-0.25, -0.2) is 4.79 Å². The predicted octanol–water partition coefficient (Wildman–Crippen LogP) is 3.27. The Balaban J connectivity index is 2.95. The second kappa shape index (κ2) is 5.26. The fourth-order valence-corrected chi connectivity index (χ4v) is 1.49. The minimum absolute atomic E-state index is 0.0290. The Bertz CT molecular complexity index is 506. The average molecular weight is 266 g/mol. The van der Waals surface area contributed by atoms with Crippen molar-refractivity contribution in [3.63, 3.8) is 0 Å². The van der Waals surface area contributed by atoms with Gasteiger partial charge in [-0.2, -0.15) is 0 Å². The van der Waals surface area contributed by atoms with Crippen LogP contribution in [0.25, 0.3) is 0 Å². The van der Waals surface area contributed by atoms with E-state index < -0.39 is 16.6 Å². The number of carbonyl (C=O) groups excluding carboxylic acids is 1. The standard InChI is InChI=1S/C13H18N2O4/c1-9-8-10(6-7-11(9)15(17)18)14(5)12(16)19-13(2,3)4/h6-8H,1-5H3. The maximum absolute atomic E-state index is 11.9. The normalized spacial score (nSPS) is 11.0. The third-order valence-corrected chi connectivity index (χ3v) is 2.43. The van der Waals surface area contributed by atoms with E-state index in [9.17, 15) is 14.9 Å². The van der Waals surface area contributed by atoms with Crippen LogP contribution < -0.4 is 4.90 Å². The smallest absolute Gasteiger partial charge is 0.414 e. The molecule has 0 aliphatic carbocycles. The number of nitro benzene ring substituents is 1. The van der Waals surface area contributed by atoms with E-state index in [1.165, 1.54) is 17.0 Å². The van der Waals surface area contributed by atoms with Gasteiger partial charge in [0, 0.05) is 24.4 Å². The summed E-state index contributed by atoms with van der Waals surface area (Å²) in [7, 11) is 1.56. The summed E-state index contributed by atoms with van der Waals surface area (Å²) in [6, 6.07) is 4.49. The molecule has 0 N–H and O–H groups in total. The van der Waals surface area contributed by atoms with Crippen LogP contribution in [0.2, 0.25) is 0 Å². The maximum atomic E-state index is 11.9. The Kier molecular flexibility index (Phi) is 4.14. The molecule has 1 rings (SSSR count). The third-order valence-electron chi connectivity index (χ3n) is 2.43. The van der Waals surface area contributed by atoms with Crippen molar-refractivity contribution in [2.24, 2.45) is 0 Å². The lowest BCUT2D eigenvalue weighted by atomic mass is 10.1. The molecule has 0 atom stereocenters. The molecule has 19 heavy (non-hydrogen) atoms. The number of nitrogens with zero attached hydrogens (tertiary/aromatic N) is 2. The number of hydrogen-bond donors (Lipinski definition) is 0. The molecule has 0 heterocycles. The summed E-state index contributed by atoms with van der Waals surface area (Å²) in [4.78, 5) is 23.5. The van der Waals surface area contributed by atoms with Crippen LogP contribution in [-0.2, 0) is 4.74 Å². The van der Waals surface area contributed by atoms with Crippen LogP contribution in [0.4, 0.5) is 16.2 Å². The molecule has 0 saturated carbocycles. The zero-order chi connectivity index (χ0) is 14.8. The Hall–Kier alpha value is -2.11. The van der Waals surface area contributed by atoms with Gasteiger partial charge in [-0.05, 0) is 39.8 Å². The minimum atomic E-state index is -0.582. The number of hydrogen-bond acceptors (Lipinski definition) is 4. The Morgan fingerprint density at radius 3 is 2.37 bits per heavy atom. The van der Waals surface area contributed by atoms with Crippen LogP contribution in [0.5, 0.6) is 0 Å². The second-order valence-corrected chi connectivity index (χ2v) is 5.27. The molecule has 0 unspecified atom stereocenters. The first-order valence-corrected chi connectivity index (χ1v) is 5.83. The number of rotatable bonds is 2. The van der Waals surface area contributed by atoms with Gasteiger partial charge in [-0.15, -0.1) is 0 Å². The zero-order valence-corrected chi connectivity index (χ0v) is 11.8. The number of benzene rings is 1. The van der Waals surface area contributed by atoms with Gasteiger partial charge in [0.1, 0.15) is 5.60 Å². The van der Waals surface area contributed by atoms with Gasteiger partial charge in [0.15, 0.2) is 0 Å². The maximum Gasteiger partial charge on any atom is 0.414 e. The molecule has 1 aromatic carbocycles. The summed E-state index contributed by atoms with van der Waals surface area (Å²) >= 11 is 0. The van der Waals surface area contributed by atoms with E-state index in [1.807, 2.05) is 0 Å². The van der Waals surface area contributed by atoms with E-state index in [0.29, 0.717) is 11.3 Å². The largest absolute Gasteiger partial charge is 0.443 e. The number of anilines is 1. The molecule has 1 aromatic rings. The Morgan fingerprint density at radius 1 is 1.37 bits per heavy atom. The van der Waals surface area contributed by atoms with E-state index in [-0.39, 0.29) is 5.69 Å². The van der Waals surface area contributed by atoms with Crippen LogP contribution in [0.1, 0.15) is 26.3 Å². The van der Waals surface area contributed by atoms with Crippen molar-refractivity contribution in [1.29, 1.82) is 0 Å². The third kappa shape index (κ3) is 3.94. The predicted molar refractivity (Wildman–Crippen MR) is 72.5 cm³/mol. The molecular weight excluding hydrogens is 248 g/mol. The fourth-order valence-electron chi connectivity index (χ4n) is 1.49. The molecule has 1 amide bonds. The van der Waals surface area contributed by atoms with Crippen molar-refractivity contribution in [3.05, 3.63) is 33.9 Å². The van der Waals surface area contributed by atoms with Crippen LogP contribution >= 0.6 is 0 Å². The van der Waals surface area contributed by atoms with Crippen LogP contribution in [0.15, 0.2) is 18.2 Å². The molecule has 104 valence electrons. The molecule has 0 aliphatic rings. The fraction of sp³-hybridized carbons (Fsp3) is 0.462. The van der Waals surface area contributed by atoms with E-state index in [4.69, 9.17) is 4.74 Å². The molecule has 0 bridgehead atoms. The van der Waals surface area contributed by atoms with Crippen molar-refractivity contribution < 1.29 is 14.5 Å². The molecule has 0 saturated heterocycles. The van der Waals surface area contributed by atoms with Crippen LogP contribution in [0, 0.1) is 17.0 Å². The molecular formula is C13H18N2O4. The quantitative estimate of drug-likeness (QED) is 0.608. The van der Waals surface area contributed by atoms with Crippen molar-refractivity contribution in [1.82, 2.24) is 0 Å². The molecule has 0 radical (unpaired) electrons. The first-order valence-electron chi connectivity index (χ1n) is 5.83. The van der Waals surface area contributed by atoms with E-state index in [1.54, 1.807) is 40.8 Å². The first-order chi connectivity index (χ1) is 8.61. The van der Waals surface area contributed by atoms with Crippen molar-refractivity contribution >= 4 is 17.5 Å². The molecule has 0 spiro atoms. The highest BCUT2D eigenvalue weighted by Gasteiger charge is 2.21. The summed E-state index contributed by atoms with van der Waals surface area (Å²) in [6.45, 7) is 6.96. The summed E-state index contributed by atoms with van der Waals surface area (Å²) in [5, 5.41) is 10.7. The van der Waals surface area contributed by atoms with E-state index >= 15 is 0 Å². The molecule has 6 heteroatoms.